The number of hydrogen-bond acceptors (Lipinski definition) is 6. The van der Waals surface area contributed by atoms with Crippen LogP contribution in [0.3, 0.4) is 0 Å². The van der Waals surface area contributed by atoms with Crippen LogP contribution in [-0.2, 0) is 19.5 Å². The van der Waals surface area contributed by atoms with Gasteiger partial charge in [0.2, 0.25) is 0 Å². The van der Waals surface area contributed by atoms with E-state index in [1.165, 1.54) is 22.7 Å². The molecule has 5 nitrogen and oxygen atoms in total. The van der Waals surface area contributed by atoms with Gasteiger partial charge in [-0.15, -0.1) is 5.10 Å². The van der Waals surface area contributed by atoms with Crippen LogP contribution in [0.4, 0.5) is 0 Å². The smallest absolute Gasteiger partial charge is 0.161 e. The van der Waals surface area contributed by atoms with E-state index >= 15 is 0 Å². The summed E-state index contributed by atoms with van der Waals surface area (Å²) < 4.78 is 15.3. The molecule has 0 saturated carbocycles. The molecule has 112 valence electrons. The molecule has 0 saturated heterocycles. The van der Waals surface area contributed by atoms with Crippen LogP contribution in [0, 0.1) is 0 Å². The molecule has 0 unspecified atom stereocenters. The minimum atomic E-state index is 0.674. The van der Waals surface area contributed by atoms with E-state index in [9.17, 15) is 0 Å². The summed E-state index contributed by atoms with van der Waals surface area (Å²) in [5.74, 6) is 1.56. The van der Waals surface area contributed by atoms with Gasteiger partial charge in [-0.2, -0.15) is 0 Å². The Morgan fingerprint density at radius 3 is 2.57 bits per heavy atom. The van der Waals surface area contributed by atoms with Crippen LogP contribution in [0.25, 0.3) is 0 Å². The fraction of sp³-hybridized carbons (Fsp3) is 0.429. The largest absolute Gasteiger partial charge is 0.493 e. The summed E-state index contributed by atoms with van der Waals surface area (Å²) in [6, 6.07) is 4.13. The number of nitrogens with zero attached hydrogens (tertiary/aromatic N) is 3. The van der Waals surface area contributed by atoms with Crippen molar-refractivity contribution in [3.8, 4) is 11.5 Å². The molecule has 0 bridgehead atoms. The van der Waals surface area contributed by atoms with Gasteiger partial charge < -0.3 is 9.47 Å². The third-order valence-electron chi connectivity index (χ3n) is 3.68. The summed E-state index contributed by atoms with van der Waals surface area (Å²) in [7, 11) is 3.32. The van der Waals surface area contributed by atoms with Gasteiger partial charge in [0.15, 0.2) is 11.5 Å². The second-order valence-corrected chi connectivity index (χ2v) is 6.29. The molecule has 2 heterocycles. The van der Waals surface area contributed by atoms with Crippen LogP contribution >= 0.6 is 23.1 Å². The van der Waals surface area contributed by atoms with Crippen LogP contribution in [0.2, 0.25) is 4.34 Å². The zero-order valence-electron chi connectivity index (χ0n) is 11.9. The Kier molecular flexibility index (Phi) is 4.28. The Bertz CT molecular complexity index is 647. The van der Waals surface area contributed by atoms with Crippen LogP contribution in [0.5, 0.6) is 11.5 Å². The molecular weight excluding hydrogens is 310 g/mol. The first-order valence-corrected chi connectivity index (χ1v) is 7.79. The van der Waals surface area contributed by atoms with Crippen molar-refractivity contribution in [1.82, 2.24) is 14.5 Å². The zero-order chi connectivity index (χ0) is 14.8. The maximum Gasteiger partial charge on any atom is 0.161 e. The highest BCUT2D eigenvalue weighted by molar-refractivity contribution is 7.10. The van der Waals surface area contributed by atoms with E-state index in [4.69, 9.17) is 21.1 Å². The van der Waals surface area contributed by atoms with Gasteiger partial charge in [0.25, 0.3) is 0 Å². The third kappa shape index (κ3) is 2.97. The fourth-order valence-corrected chi connectivity index (χ4v) is 3.19. The number of aromatic nitrogens is 2. The van der Waals surface area contributed by atoms with E-state index < -0.39 is 0 Å². The van der Waals surface area contributed by atoms with Crippen LogP contribution in [-0.4, -0.2) is 35.3 Å². The molecule has 21 heavy (non-hydrogen) atoms. The highest BCUT2D eigenvalue weighted by Gasteiger charge is 2.21. The van der Waals surface area contributed by atoms with Crippen molar-refractivity contribution in [2.24, 2.45) is 0 Å². The molecule has 0 fully saturated rings. The molecule has 1 aliphatic heterocycles. The van der Waals surface area contributed by atoms with Crippen LogP contribution in [0.15, 0.2) is 12.1 Å². The maximum absolute atomic E-state index is 6.08. The molecule has 0 atom stereocenters. The van der Waals surface area contributed by atoms with Crippen molar-refractivity contribution in [2.45, 2.75) is 19.5 Å². The number of ether oxygens (including phenoxy) is 2. The van der Waals surface area contributed by atoms with E-state index in [1.54, 1.807) is 14.2 Å². The van der Waals surface area contributed by atoms with Crippen LogP contribution in [0.1, 0.15) is 16.8 Å². The number of methoxy groups -OCH3 is 2. The Morgan fingerprint density at radius 2 is 1.95 bits per heavy atom. The van der Waals surface area contributed by atoms with Crippen molar-refractivity contribution >= 4 is 23.1 Å². The normalized spacial score (nSPS) is 14.8. The highest BCUT2D eigenvalue weighted by Crippen LogP contribution is 2.33. The molecule has 1 aromatic carbocycles. The van der Waals surface area contributed by atoms with Crippen molar-refractivity contribution < 1.29 is 9.47 Å². The average molecular weight is 326 g/mol. The molecule has 0 spiro atoms. The van der Waals surface area contributed by atoms with E-state index in [0.29, 0.717) is 4.34 Å². The van der Waals surface area contributed by atoms with Gasteiger partial charge in [-0.25, -0.2) is 0 Å². The predicted octanol–water partition coefficient (Wildman–Crippen LogP) is 2.77. The maximum atomic E-state index is 6.08. The van der Waals surface area contributed by atoms with Crippen molar-refractivity contribution in [3.05, 3.63) is 33.3 Å². The third-order valence-corrected chi connectivity index (χ3v) is 4.66. The SMILES string of the molecule is COc1cc2c(cc1OC)CN(Cc1nnsc1Cl)CC2. The predicted molar refractivity (Wildman–Crippen MR) is 82.3 cm³/mol. The van der Waals surface area contributed by atoms with Gasteiger partial charge in [0.05, 0.1) is 14.2 Å². The van der Waals surface area contributed by atoms with E-state index in [2.05, 4.69) is 26.6 Å². The van der Waals surface area contributed by atoms with Crippen LogP contribution < -0.4 is 9.47 Å². The second-order valence-electron chi connectivity index (χ2n) is 4.93. The Balaban J connectivity index is 1.80. The molecule has 0 N–H and O–H groups in total. The van der Waals surface area contributed by atoms with Gasteiger partial charge in [0, 0.05) is 31.2 Å². The minimum Gasteiger partial charge on any atom is -0.493 e. The van der Waals surface area contributed by atoms with Crippen molar-refractivity contribution in [3.63, 3.8) is 0 Å². The first-order chi connectivity index (χ1) is 10.2. The average Bonchev–Trinajstić information content (AvgIpc) is 2.91. The zero-order valence-corrected chi connectivity index (χ0v) is 13.5. The van der Waals surface area contributed by atoms with Gasteiger partial charge in [-0.3, -0.25) is 4.90 Å². The van der Waals surface area contributed by atoms with Gasteiger partial charge in [-0.05, 0) is 29.7 Å². The summed E-state index contributed by atoms with van der Waals surface area (Å²) >= 11 is 7.31. The molecule has 1 aliphatic rings. The highest BCUT2D eigenvalue weighted by atomic mass is 35.5. The number of benzene rings is 1. The monoisotopic (exact) mass is 325 g/mol. The number of hydrogen-bond donors (Lipinski definition) is 0. The Morgan fingerprint density at radius 1 is 1.24 bits per heavy atom. The van der Waals surface area contributed by atoms with E-state index in [0.717, 1.165) is 43.2 Å². The summed E-state index contributed by atoms with van der Waals surface area (Å²) in [6.07, 6.45) is 0.977. The van der Waals surface area contributed by atoms with Crippen molar-refractivity contribution in [2.75, 3.05) is 20.8 Å². The minimum absolute atomic E-state index is 0.674. The lowest BCUT2D eigenvalue weighted by molar-refractivity contribution is 0.241. The van der Waals surface area contributed by atoms with Gasteiger partial charge >= 0.3 is 0 Å². The number of rotatable bonds is 4. The quantitative estimate of drug-likeness (QED) is 0.865. The lowest BCUT2D eigenvalue weighted by atomic mass is 9.98. The van der Waals surface area contributed by atoms with Crippen molar-refractivity contribution in [1.29, 1.82) is 0 Å². The topological polar surface area (TPSA) is 47.5 Å². The summed E-state index contributed by atoms with van der Waals surface area (Å²) in [5.41, 5.74) is 3.43. The molecule has 0 aliphatic carbocycles. The van der Waals surface area contributed by atoms with E-state index in [1.807, 2.05) is 0 Å². The molecule has 2 aromatic rings. The molecular formula is C14H16ClN3O2S. The number of halogens is 1. The molecule has 0 amide bonds. The van der Waals surface area contributed by atoms with Gasteiger partial charge in [-0.1, -0.05) is 16.1 Å². The molecule has 3 rings (SSSR count). The lowest BCUT2D eigenvalue weighted by Crippen LogP contribution is -2.30. The summed E-state index contributed by atoms with van der Waals surface area (Å²) in [4.78, 5) is 2.32. The summed E-state index contributed by atoms with van der Waals surface area (Å²) in [6.45, 7) is 2.54. The lowest BCUT2D eigenvalue weighted by Gasteiger charge is -2.28. The van der Waals surface area contributed by atoms with E-state index in [-0.39, 0.29) is 0 Å². The molecule has 1 aromatic heterocycles. The standard InChI is InChI=1S/C14H16ClN3O2S/c1-19-12-5-9-3-4-18(7-10(9)6-13(12)20-2)8-11-14(15)21-17-16-11/h5-6H,3-4,7-8H2,1-2H3. The van der Waals surface area contributed by atoms with Gasteiger partial charge in [0.1, 0.15) is 10.0 Å². The number of fused-ring (bicyclic) bond motifs is 1. The second kappa shape index (κ2) is 6.17. The molecule has 7 heteroatoms. The molecule has 0 radical (unpaired) electrons. The first-order valence-electron chi connectivity index (χ1n) is 6.64. The Hall–Kier alpha value is -1.37. The fourth-order valence-electron chi connectivity index (χ4n) is 2.58. The Labute approximate surface area is 132 Å². The first kappa shape index (κ1) is 14.6. The summed E-state index contributed by atoms with van der Waals surface area (Å²) in [5, 5.41) is 4.08.